The van der Waals surface area contributed by atoms with Crippen molar-refractivity contribution in [3.05, 3.63) is 65.2 Å². The van der Waals surface area contributed by atoms with Gasteiger partial charge < -0.3 is 5.11 Å². The number of rotatable bonds is 7. The Labute approximate surface area is 130 Å². The van der Waals surface area contributed by atoms with Crippen molar-refractivity contribution in [3.8, 4) is 0 Å². The largest absolute Gasteiger partial charge is 0.478 e. The van der Waals surface area contributed by atoms with E-state index in [4.69, 9.17) is 5.11 Å². The second-order valence-corrected chi connectivity index (χ2v) is 5.10. The molecule has 0 aliphatic rings. The highest BCUT2D eigenvalue weighted by molar-refractivity contribution is 5.88. The van der Waals surface area contributed by atoms with Gasteiger partial charge in [-0.1, -0.05) is 43.7 Å². The highest BCUT2D eigenvalue weighted by Crippen LogP contribution is 2.11. The standard InChI is InChI=1S/C18H20N2O2/c1-2-3-5-14-8-10-15(11-9-14)13-19-20-17-7-4-6-16(12-17)18(21)22/h4,6-13,20H,2-3,5H2,1H3,(H,21,22)/b19-13+. The molecule has 2 rings (SSSR count). The van der Waals surface area contributed by atoms with Gasteiger partial charge in [0.2, 0.25) is 0 Å². The Morgan fingerprint density at radius 2 is 2.00 bits per heavy atom. The fourth-order valence-corrected chi connectivity index (χ4v) is 2.05. The molecular weight excluding hydrogens is 276 g/mol. The number of benzene rings is 2. The van der Waals surface area contributed by atoms with Crippen LogP contribution in [0.5, 0.6) is 0 Å². The lowest BCUT2D eigenvalue weighted by Crippen LogP contribution is -1.97. The number of hydrogen-bond acceptors (Lipinski definition) is 3. The molecule has 0 spiro atoms. The average Bonchev–Trinajstić information content (AvgIpc) is 2.54. The summed E-state index contributed by atoms with van der Waals surface area (Å²) in [5, 5.41) is 13.1. The van der Waals surface area contributed by atoms with Crippen LogP contribution < -0.4 is 5.43 Å². The van der Waals surface area contributed by atoms with Crippen molar-refractivity contribution in [2.24, 2.45) is 5.10 Å². The van der Waals surface area contributed by atoms with Crippen LogP contribution >= 0.6 is 0 Å². The maximum Gasteiger partial charge on any atom is 0.335 e. The second-order valence-electron chi connectivity index (χ2n) is 5.10. The molecule has 0 bridgehead atoms. The van der Waals surface area contributed by atoms with Gasteiger partial charge in [-0.3, -0.25) is 5.43 Å². The molecular formula is C18H20N2O2. The molecule has 0 atom stereocenters. The lowest BCUT2D eigenvalue weighted by atomic mass is 10.1. The molecule has 0 unspecified atom stereocenters. The molecule has 4 heteroatoms. The number of anilines is 1. The third kappa shape index (κ3) is 4.74. The van der Waals surface area contributed by atoms with E-state index in [0.29, 0.717) is 5.69 Å². The number of carboxylic acids is 1. The van der Waals surface area contributed by atoms with Gasteiger partial charge in [0.05, 0.1) is 17.5 Å². The van der Waals surface area contributed by atoms with E-state index in [0.717, 1.165) is 12.0 Å². The zero-order valence-electron chi connectivity index (χ0n) is 12.6. The number of unbranched alkanes of at least 4 members (excludes halogenated alkanes) is 1. The lowest BCUT2D eigenvalue weighted by Gasteiger charge is -2.02. The van der Waals surface area contributed by atoms with E-state index in [1.165, 1.54) is 18.4 Å². The third-order valence-corrected chi connectivity index (χ3v) is 3.32. The number of nitrogens with one attached hydrogen (secondary N) is 1. The summed E-state index contributed by atoms with van der Waals surface area (Å²) in [6.45, 7) is 2.19. The number of carboxylic acid groups (broad SMARTS) is 1. The van der Waals surface area contributed by atoms with Crippen LogP contribution in [0.15, 0.2) is 53.6 Å². The van der Waals surface area contributed by atoms with Gasteiger partial charge in [0, 0.05) is 0 Å². The number of aryl methyl sites for hydroxylation is 1. The molecule has 2 N–H and O–H groups in total. The first-order valence-electron chi connectivity index (χ1n) is 7.40. The molecule has 0 radical (unpaired) electrons. The molecule has 0 aliphatic carbocycles. The summed E-state index contributed by atoms with van der Waals surface area (Å²) in [7, 11) is 0. The second kappa shape index (κ2) is 7.98. The van der Waals surface area contributed by atoms with Gasteiger partial charge in [0.25, 0.3) is 0 Å². The van der Waals surface area contributed by atoms with Crippen molar-refractivity contribution in [1.29, 1.82) is 0 Å². The summed E-state index contributed by atoms with van der Waals surface area (Å²) < 4.78 is 0. The van der Waals surface area contributed by atoms with Crippen LogP contribution in [0.25, 0.3) is 0 Å². The minimum absolute atomic E-state index is 0.237. The molecule has 2 aromatic carbocycles. The highest BCUT2D eigenvalue weighted by Gasteiger charge is 2.01. The van der Waals surface area contributed by atoms with Crippen molar-refractivity contribution in [1.82, 2.24) is 0 Å². The Bertz CT molecular complexity index is 648. The first-order chi connectivity index (χ1) is 10.7. The zero-order chi connectivity index (χ0) is 15.8. The number of nitrogens with zero attached hydrogens (tertiary/aromatic N) is 1. The van der Waals surface area contributed by atoms with Gasteiger partial charge in [0.15, 0.2) is 0 Å². The van der Waals surface area contributed by atoms with Gasteiger partial charge >= 0.3 is 5.97 Å². The van der Waals surface area contributed by atoms with Gasteiger partial charge in [-0.2, -0.15) is 5.10 Å². The van der Waals surface area contributed by atoms with Crippen molar-refractivity contribution < 1.29 is 9.90 Å². The van der Waals surface area contributed by atoms with Crippen LogP contribution in [0.2, 0.25) is 0 Å². The van der Waals surface area contributed by atoms with Crippen LogP contribution in [-0.4, -0.2) is 17.3 Å². The van der Waals surface area contributed by atoms with Crippen molar-refractivity contribution in [2.75, 3.05) is 5.43 Å². The van der Waals surface area contributed by atoms with Crippen molar-refractivity contribution >= 4 is 17.9 Å². The van der Waals surface area contributed by atoms with Crippen LogP contribution in [0, 0.1) is 0 Å². The Balaban J connectivity index is 1.94. The molecule has 0 saturated carbocycles. The fraction of sp³-hybridized carbons (Fsp3) is 0.222. The molecule has 0 amide bonds. The number of hydrazone groups is 1. The average molecular weight is 296 g/mol. The smallest absolute Gasteiger partial charge is 0.335 e. The molecule has 4 nitrogen and oxygen atoms in total. The Kier molecular flexibility index (Phi) is 5.72. The fourth-order valence-electron chi connectivity index (χ4n) is 2.05. The van der Waals surface area contributed by atoms with Crippen molar-refractivity contribution in [2.45, 2.75) is 26.2 Å². The zero-order valence-corrected chi connectivity index (χ0v) is 12.6. The SMILES string of the molecule is CCCCc1ccc(/C=N/Nc2cccc(C(=O)O)c2)cc1. The van der Waals surface area contributed by atoms with Crippen LogP contribution in [0.1, 0.15) is 41.3 Å². The quantitative estimate of drug-likeness (QED) is 0.595. The normalized spacial score (nSPS) is 10.8. The Morgan fingerprint density at radius 1 is 1.23 bits per heavy atom. The summed E-state index contributed by atoms with van der Waals surface area (Å²) >= 11 is 0. The molecule has 0 fully saturated rings. The summed E-state index contributed by atoms with van der Waals surface area (Å²) in [5.74, 6) is -0.949. The van der Waals surface area contributed by atoms with Gasteiger partial charge in [0.1, 0.15) is 0 Å². The first kappa shape index (κ1) is 15.8. The topological polar surface area (TPSA) is 61.7 Å². The molecule has 0 saturated heterocycles. The molecule has 0 aromatic heterocycles. The highest BCUT2D eigenvalue weighted by atomic mass is 16.4. The van der Waals surface area contributed by atoms with E-state index < -0.39 is 5.97 Å². The molecule has 0 heterocycles. The monoisotopic (exact) mass is 296 g/mol. The van der Waals surface area contributed by atoms with E-state index in [2.05, 4.69) is 29.6 Å². The van der Waals surface area contributed by atoms with Crippen molar-refractivity contribution in [3.63, 3.8) is 0 Å². The molecule has 0 aliphatic heterocycles. The maximum absolute atomic E-state index is 10.9. The molecule has 2 aromatic rings. The summed E-state index contributed by atoms with van der Waals surface area (Å²) in [6.07, 6.45) is 5.22. The molecule has 22 heavy (non-hydrogen) atoms. The third-order valence-electron chi connectivity index (χ3n) is 3.32. The summed E-state index contributed by atoms with van der Waals surface area (Å²) in [5.41, 5.74) is 6.07. The number of hydrogen-bond donors (Lipinski definition) is 2. The first-order valence-corrected chi connectivity index (χ1v) is 7.40. The lowest BCUT2D eigenvalue weighted by molar-refractivity contribution is 0.0697. The predicted octanol–water partition coefficient (Wildman–Crippen LogP) is 4.17. The minimum Gasteiger partial charge on any atom is -0.478 e. The van der Waals surface area contributed by atoms with Gasteiger partial charge in [-0.25, -0.2) is 4.79 Å². The summed E-state index contributed by atoms with van der Waals surface area (Å²) in [4.78, 5) is 10.9. The van der Waals surface area contributed by atoms with Crippen LogP contribution in [0.4, 0.5) is 5.69 Å². The Morgan fingerprint density at radius 3 is 2.68 bits per heavy atom. The summed E-state index contributed by atoms with van der Waals surface area (Å²) in [6, 6.07) is 14.8. The van der Waals surface area contributed by atoms with E-state index in [-0.39, 0.29) is 5.56 Å². The van der Waals surface area contributed by atoms with Crippen LogP contribution in [0.3, 0.4) is 0 Å². The Hall–Kier alpha value is -2.62. The van der Waals surface area contributed by atoms with Gasteiger partial charge in [-0.05, 0) is 42.2 Å². The predicted molar refractivity (Wildman–Crippen MR) is 89.7 cm³/mol. The van der Waals surface area contributed by atoms with E-state index in [9.17, 15) is 4.79 Å². The maximum atomic E-state index is 10.9. The van der Waals surface area contributed by atoms with E-state index >= 15 is 0 Å². The number of aromatic carboxylic acids is 1. The minimum atomic E-state index is -0.949. The molecule has 114 valence electrons. The van der Waals surface area contributed by atoms with Gasteiger partial charge in [-0.15, -0.1) is 0 Å². The van der Waals surface area contributed by atoms with E-state index in [1.807, 2.05) is 12.1 Å². The van der Waals surface area contributed by atoms with Crippen LogP contribution in [-0.2, 0) is 6.42 Å². The number of carbonyl (C=O) groups is 1. The van der Waals surface area contributed by atoms with E-state index in [1.54, 1.807) is 30.5 Å².